The third-order valence-corrected chi connectivity index (χ3v) is 4.73. The van der Waals surface area contributed by atoms with E-state index in [0.29, 0.717) is 30.5 Å². The Bertz CT molecular complexity index is 856. The van der Waals surface area contributed by atoms with E-state index in [9.17, 15) is 9.59 Å². The fraction of sp³-hybridized carbons (Fsp3) is 0.429. The Labute approximate surface area is 176 Å². The molecule has 9 nitrogen and oxygen atoms in total. The number of aromatic nitrogens is 1. The summed E-state index contributed by atoms with van der Waals surface area (Å²) in [6, 6.07) is 9.03. The predicted octanol–water partition coefficient (Wildman–Crippen LogP) is 1.66. The highest BCUT2D eigenvalue weighted by Crippen LogP contribution is 2.22. The Morgan fingerprint density at radius 2 is 1.77 bits per heavy atom. The van der Waals surface area contributed by atoms with Crippen LogP contribution in [0.25, 0.3) is 0 Å². The third-order valence-electron chi connectivity index (χ3n) is 4.73. The molecule has 162 valence electrons. The number of nitrogens with zero attached hydrogens (tertiary/aromatic N) is 2. The molecular weight excluding hydrogens is 384 g/mol. The van der Waals surface area contributed by atoms with Crippen molar-refractivity contribution >= 4 is 17.8 Å². The number of carbonyl (C=O) groups excluding carboxylic acids is 2. The van der Waals surface area contributed by atoms with Crippen molar-refractivity contribution in [3.63, 3.8) is 0 Å². The molecule has 1 aromatic carbocycles. The van der Waals surface area contributed by atoms with Crippen molar-refractivity contribution in [1.29, 1.82) is 0 Å². The second-order valence-electron chi connectivity index (χ2n) is 6.86. The number of benzene rings is 1. The minimum absolute atomic E-state index is 0.186. The van der Waals surface area contributed by atoms with Crippen LogP contribution in [0.2, 0.25) is 0 Å². The smallest absolute Gasteiger partial charge is 0.251 e. The summed E-state index contributed by atoms with van der Waals surface area (Å²) in [5.74, 6) is 0.872. The Morgan fingerprint density at radius 3 is 2.37 bits per heavy atom. The van der Waals surface area contributed by atoms with E-state index in [-0.39, 0.29) is 12.5 Å². The highest BCUT2D eigenvalue weighted by Gasteiger charge is 2.13. The van der Waals surface area contributed by atoms with Gasteiger partial charge in [0.1, 0.15) is 0 Å². The first-order valence-electron chi connectivity index (χ1n) is 10.0. The molecule has 1 aromatic heterocycles. The summed E-state index contributed by atoms with van der Waals surface area (Å²) in [6.07, 6.45) is 2.06. The van der Waals surface area contributed by atoms with Gasteiger partial charge in [0.2, 0.25) is 5.91 Å². The van der Waals surface area contributed by atoms with Crippen LogP contribution in [0.4, 0.5) is 0 Å². The highest BCUT2D eigenvalue weighted by atomic mass is 16.5. The van der Waals surface area contributed by atoms with Gasteiger partial charge >= 0.3 is 0 Å². The van der Waals surface area contributed by atoms with Crippen LogP contribution in [0.15, 0.2) is 39.8 Å². The van der Waals surface area contributed by atoms with Crippen LogP contribution in [0.1, 0.15) is 60.0 Å². The molecule has 0 spiro atoms. The van der Waals surface area contributed by atoms with E-state index < -0.39 is 5.91 Å². The summed E-state index contributed by atoms with van der Waals surface area (Å²) >= 11 is 0. The first-order chi connectivity index (χ1) is 14.5. The van der Waals surface area contributed by atoms with Gasteiger partial charge in [-0.1, -0.05) is 31.1 Å². The molecule has 2 amide bonds. The summed E-state index contributed by atoms with van der Waals surface area (Å²) < 4.78 is 5.42. The van der Waals surface area contributed by atoms with E-state index >= 15 is 0 Å². The number of amides is 2. The molecular formula is C21H30N6O3. The number of aliphatic imine (C=N–C) groups is 1. The van der Waals surface area contributed by atoms with E-state index in [1.807, 2.05) is 18.2 Å². The lowest BCUT2D eigenvalue weighted by Crippen LogP contribution is -2.36. The average molecular weight is 415 g/mol. The van der Waals surface area contributed by atoms with Crippen LogP contribution in [-0.4, -0.2) is 36.5 Å². The summed E-state index contributed by atoms with van der Waals surface area (Å²) in [5.41, 5.74) is 7.44. The minimum atomic E-state index is -0.583. The van der Waals surface area contributed by atoms with Gasteiger partial charge in [0.25, 0.3) is 5.91 Å². The van der Waals surface area contributed by atoms with Crippen molar-refractivity contribution in [2.75, 3.05) is 13.6 Å². The topological polar surface area (TPSA) is 135 Å². The van der Waals surface area contributed by atoms with Crippen LogP contribution < -0.4 is 21.7 Å². The van der Waals surface area contributed by atoms with Crippen molar-refractivity contribution in [1.82, 2.24) is 21.1 Å². The lowest BCUT2D eigenvalue weighted by atomic mass is 9.99. The lowest BCUT2D eigenvalue weighted by molar-refractivity contribution is -0.117. The van der Waals surface area contributed by atoms with E-state index in [2.05, 4.69) is 39.9 Å². The zero-order valence-electron chi connectivity index (χ0n) is 17.7. The van der Waals surface area contributed by atoms with Gasteiger partial charge in [-0.3, -0.25) is 14.6 Å². The van der Waals surface area contributed by atoms with Gasteiger partial charge < -0.3 is 26.2 Å². The minimum Gasteiger partial charge on any atom is -0.368 e. The van der Waals surface area contributed by atoms with Crippen LogP contribution in [-0.2, 0) is 17.9 Å². The summed E-state index contributed by atoms with van der Waals surface area (Å²) in [5, 5.41) is 13.0. The second-order valence-corrected chi connectivity index (χ2v) is 6.86. The van der Waals surface area contributed by atoms with Gasteiger partial charge in [0, 0.05) is 31.1 Å². The van der Waals surface area contributed by atoms with Crippen LogP contribution in [0.5, 0.6) is 0 Å². The molecule has 30 heavy (non-hydrogen) atoms. The quantitative estimate of drug-likeness (QED) is 0.345. The van der Waals surface area contributed by atoms with Gasteiger partial charge in [-0.15, -0.1) is 0 Å². The molecule has 9 heteroatoms. The molecule has 0 fully saturated rings. The van der Waals surface area contributed by atoms with Crippen LogP contribution >= 0.6 is 0 Å². The Balaban J connectivity index is 1.83. The van der Waals surface area contributed by atoms with Crippen LogP contribution in [0.3, 0.4) is 0 Å². The fourth-order valence-electron chi connectivity index (χ4n) is 2.93. The van der Waals surface area contributed by atoms with Crippen molar-refractivity contribution in [2.45, 2.75) is 45.7 Å². The van der Waals surface area contributed by atoms with Crippen molar-refractivity contribution in [3.05, 3.63) is 52.9 Å². The molecule has 0 saturated carbocycles. The molecule has 5 N–H and O–H groups in total. The van der Waals surface area contributed by atoms with Gasteiger partial charge in [0.05, 0.1) is 18.8 Å². The molecule has 0 aliphatic rings. The van der Waals surface area contributed by atoms with Crippen molar-refractivity contribution < 1.29 is 14.1 Å². The molecule has 0 bridgehead atoms. The molecule has 2 aromatic rings. The number of primary amides is 1. The van der Waals surface area contributed by atoms with Gasteiger partial charge in [-0.05, 0) is 30.5 Å². The molecule has 0 radical (unpaired) electrons. The second kappa shape index (κ2) is 11.6. The van der Waals surface area contributed by atoms with E-state index in [0.717, 1.165) is 29.9 Å². The molecule has 0 aliphatic heterocycles. The number of rotatable bonds is 10. The Hall–Kier alpha value is -3.36. The van der Waals surface area contributed by atoms with Gasteiger partial charge in [-0.2, -0.15) is 0 Å². The SMILES string of the molecule is CCC(CC)c1cc(CNC(=NC)NCc2ccc(C(=O)NCC(N)=O)cc2)on1. The van der Waals surface area contributed by atoms with Crippen LogP contribution in [0, 0.1) is 0 Å². The number of hydrogen-bond acceptors (Lipinski definition) is 5. The highest BCUT2D eigenvalue weighted by molar-refractivity contribution is 5.96. The number of nitrogens with one attached hydrogen (secondary N) is 3. The van der Waals surface area contributed by atoms with Gasteiger partial charge in [0.15, 0.2) is 11.7 Å². The average Bonchev–Trinajstić information content (AvgIpc) is 3.22. The number of guanidine groups is 1. The molecule has 0 saturated heterocycles. The maximum atomic E-state index is 11.9. The van der Waals surface area contributed by atoms with Crippen molar-refractivity contribution in [3.8, 4) is 0 Å². The molecule has 0 atom stereocenters. The summed E-state index contributed by atoms with van der Waals surface area (Å²) in [7, 11) is 1.69. The van der Waals surface area contributed by atoms with E-state index in [1.165, 1.54) is 0 Å². The Morgan fingerprint density at radius 1 is 1.10 bits per heavy atom. The molecule has 0 aliphatic carbocycles. The lowest BCUT2D eigenvalue weighted by Gasteiger charge is -2.11. The number of carbonyl (C=O) groups is 2. The summed E-state index contributed by atoms with van der Waals surface area (Å²) in [4.78, 5) is 26.8. The standard InChI is InChI=1S/C21H30N6O3/c1-4-15(5-2)18-10-17(30-27-18)12-26-21(23-3)25-11-14-6-8-16(9-7-14)20(29)24-13-19(22)28/h6-10,15H,4-5,11-13H2,1-3H3,(H2,22,28)(H,24,29)(H2,23,25,26). The first kappa shape index (κ1) is 22.9. The van der Waals surface area contributed by atoms with Gasteiger partial charge in [-0.25, -0.2) is 0 Å². The van der Waals surface area contributed by atoms with E-state index in [4.69, 9.17) is 10.3 Å². The normalized spacial score (nSPS) is 11.4. The maximum absolute atomic E-state index is 11.9. The maximum Gasteiger partial charge on any atom is 0.251 e. The zero-order chi connectivity index (χ0) is 21.9. The third kappa shape index (κ3) is 6.91. The Kier molecular flexibility index (Phi) is 8.86. The predicted molar refractivity (Wildman–Crippen MR) is 115 cm³/mol. The van der Waals surface area contributed by atoms with E-state index in [1.54, 1.807) is 19.2 Å². The molecule has 2 rings (SSSR count). The zero-order valence-corrected chi connectivity index (χ0v) is 17.7. The number of nitrogens with two attached hydrogens (primary N) is 1. The summed E-state index contributed by atoms with van der Waals surface area (Å²) in [6.45, 7) is 5.11. The molecule has 0 unspecified atom stereocenters. The first-order valence-corrected chi connectivity index (χ1v) is 10.0. The largest absolute Gasteiger partial charge is 0.368 e. The monoisotopic (exact) mass is 414 g/mol. The van der Waals surface area contributed by atoms with Crippen molar-refractivity contribution in [2.24, 2.45) is 10.7 Å². The molecule has 1 heterocycles. The number of hydrogen-bond donors (Lipinski definition) is 4. The fourth-order valence-corrected chi connectivity index (χ4v) is 2.93.